The molecule has 2 unspecified atom stereocenters. The number of aliphatic hydroxyl groups excluding tert-OH is 1. The van der Waals surface area contributed by atoms with Gasteiger partial charge in [-0.25, -0.2) is 4.98 Å². The minimum Gasteiger partial charge on any atom is -0.384 e. The number of hydrogen-bond donors (Lipinski definition) is 1. The molecule has 0 amide bonds. The van der Waals surface area contributed by atoms with Gasteiger partial charge in [-0.15, -0.1) is 11.3 Å². The van der Waals surface area contributed by atoms with Crippen LogP contribution in [0.25, 0.3) is 0 Å². The third-order valence-electron chi connectivity index (χ3n) is 2.32. The lowest BCUT2D eigenvalue weighted by Crippen LogP contribution is -2.22. The van der Waals surface area contributed by atoms with Crippen LogP contribution in [0.1, 0.15) is 31.4 Å². The standard InChI is InChI=1S/C9H11ClN2OS/c1-3-9(2,5-11)7(13)8-12-4-6(10)14-8/h4,7,13H,3H2,1-2H3. The maximum Gasteiger partial charge on any atom is 0.124 e. The molecule has 0 saturated carbocycles. The molecule has 1 aromatic heterocycles. The summed E-state index contributed by atoms with van der Waals surface area (Å²) < 4.78 is 0.524. The van der Waals surface area contributed by atoms with E-state index >= 15 is 0 Å². The zero-order valence-corrected chi connectivity index (χ0v) is 9.56. The molecule has 2 atom stereocenters. The highest BCUT2D eigenvalue weighted by molar-refractivity contribution is 7.15. The summed E-state index contributed by atoms with van der Waals surface area (Å²) in [5.41, 5.74) is -0.790. The second kappa shape index (κ2) is 4.26. The summed E-state index contributed by atoms with van der Waals surface area (Å²) >= 11 is 6.91. The molecule has 0 spiro atoms. The van der Waals surface area contributed by atoms with E-state index in [4.69, 9.17) is 16.9 Å². The third-order valence-corrected chi connectivity index (χ3v) is 3.49. The number of aromatic nitrogens is 1. The van der Waals surface area contributed by atoms with Crippen LogP contribution in [0.3, 0.4) is 0 Å². The molecule has 0 aliphatic rings. The van der Waals surface area contributed by atoms with Crippen molar-refractivity contribution in [3.8, 4) is 6.07 Å². The molecular formula is C9H11ClN2OS. The Morgan fingerprint density at radius 1 is 1.86 bits per heavy atom. The van der Waals surface area contributed by atoms with E-state index in [1.807, 2.05) is 6.92 Å². The summed E-state index contributed by atoms with van der Waals surface area (Å²) in [6, 6.07) is 2.11. The fraction of sp³-hybridized carbons (Fsp3) is 0.556. The molecule has 1 heterocycles. The Kier molecular flexibility index (Phi) is 3.48. The zero-order valence-electron chi connectivity index (χ0n) is 7.99. The van der Waals surface area contributed by atoms with Crippen LogP contribution in [0.5, 0.6) is 0 Å². The number of aliphatic hydroxyl groups is 1. The van der Waals surface area contributed by atoms with Crippen molar-refractivity contribution in [3.05, 3.63) is 15.5 Å². The van der Waals surface area contributed by atoms with E-state index in [1.165, 1.54) is 17.5 Å². The van der Waals surface area contributed by atoms with Gasteiger partial charge in [-0.2, -0.15) is 5.26 Å². The van der Waals surface area contributed by atoms with Crippen molar-refractivity contribution < 1.29 is 5.11 Å². The topological polar surface area (TPSA) is 56.9 Å². The average molecular weight is 231 g/mol. The van der Waals surface area contributed by atoms with Crippen LogP contribution < -0.4 is 0 Å². The highest BCUT2D eigenvalue weighted by Crippen LogP contribution is 2.38. The van der Waals surface area contributed by atoms with Gasteiger partial charge in [0.25, 0.3) is 0 Å². The predicted octanol–water partition coefficient (Wildman–Crippen LogP) is 2.77. The highest BCUT2D eigenvalue weighted by Gasteiger charge is 2.34. The molecule has 5 heteroatoms. The monoisotopic (exact) mass is 230 g/mol. The molecule has 0 bridgehead atoms. The molecule has 0 radical (unpaired) electrons. The fourth-order valence-electron chi connectivity index (χ4n) is 0.999. The van der Waals surface area contributed by atoms with Crippen molar-refractivity contribution in [2.45, 2.75) is 26.4 Å². The number of halogens is 1. The smallest absolute Gasteiger partial charge is 0.124 e. The number of hydrogen-bond acceptors (Lipinski definition) is 4. The number of rotatable bonds is 3. The van der Waals surface area contributed by atoms with Crippen molar-refractivity contribution in [2.24, 2.45) is 5.41 Å². The summed E-state index contributed by atoms with van der Waals surface area (Å²) in [5, 5.41) is 19.4. The predicted molar refractivity (Wildman–Crippen MR) is 56.1 cm³/mol. The lowest BCUT2D eigenvalue weighted by molar-refractivity contribution is 0.0720. The van der Waals surface area contributed by atoms with E-state index in [9.17, 15) is 5.11 Å². The van der Waals surface area contributed by atoms with E-state index < -0.39 is 11.5 Å². The number of nitriles is 1. The molecule has 0 aliphatic heterocycles. The zero-order chi connectivity index (χ0) is 10.8. The second-order valence-electron chi connectivity index (χ2n) is 3.29. The molecule has 0 fully saturated rings. The molecule has 1 aromatic rings. The van der Waals surface area contributed by atoms with Gasteiger partial charge in [0, 0.05) is 0 Å². The molecule has 76 valence electrons. The van der Waals surface area contributed by atoms with Crippen molar-refractivity contribution in [1.82, 2.24) is 4.98 Å². The normalized spacial score (nSPS) is 17.1. The first-order valence-electron chi connectivity index (χ1n) is 4.24. The van der Waals surface area contributed by atoms with Crippen molar-refractivity contribution in [1.29, 1.82) is 5.26 Å². The van der Waals surface area contributed by atoms with Gasteiger partial charge in [-0.3, -0.25) is 0 Å². The SMILES string of the molecule is CCC(C)(C#N)C(O)c1ncc(Cl)s1. The van der Waals surface area contributed by atoms with Gasteiger partial charge in [-0.05, 0) is 13.3 Å². The van der Waals surface area contributed by atoms with E-state index in [2.05, 4.69) is 11.1 Å². The summed E-state index contributed by atoms with van der Waals surface area (Å²) in [4.78, 5) is 3.96. The summed E-state index contributed by atoms with van der Waals surface area (Å²) in [7, 11) is 0. The largest absolute Gasteiger partial charge is 0.384 e. The maximum atomic E-state index is 9.92. The quantitative estimate of drug-likeness (QED) is 0.869. The Morgan fingerprint density at radius 2 is 2.50 bits per heavy atom. The minimum atomic E-state index is -0.866. The van der Waals surface area contributed by atoms with E-state index in [-0.39, 0.29) is 0 Å². The molecule has 3 nitrogen and oxygen atoms in total. The van der Waals surface area contributed by atoms with Crippen LogP contribution in [0.4, 0.5) is 0 Å². The van der Waals surface area contributed by atoms with Crippen LogP contribution in [0.2, 0.25) is 4.34 Å². The molecule has 1 N–H and O–H groups in total. The van der Waals surface area contributed by atoms with E-state index in [0.717, 1.165) is 0 Å². The Balaban J connectivity index is 2.95. The maximum absolute atomic E-state index is 9.92. The van der Waals surface area contributed by atoms with E-state index in [0.29, 0.717) is 15.8 Å². The van der Waals surface area contributed by atoms with Crippen LogP contribution in [0, 0.1) is 16.7 Å². The fourth-order valence-corrected chi connectivity index (χ4v) is 2.07. The van der Waals surface area contributed by atoms with Gasteiger partial charge in [-0.1, -0.05) is 18.5 Å². The van der Waals surface area contributed by atoms with Crippen LogP contribution >= 0.6 is 22.9 Å². The second-order valence-corrected chi connectivity index (χ2v) is 4.98. The van der Waals surface area contributed by atoms with Gasteiger partial charge in [0.05, 0.1) is 17.7 Å². The van der Waals surface area contributed by atoms with Crippen molar-refractivity contribution in [3.63, 3.8) is 0 Å². The summed E-state index contributed by atoms with van der Waals surface area (Å²) in [5.74, 6) is 0. The van der Waals surface area contributed by atoms with Gasteiger partial charge in [0.2, 0.25) is 0 Å². The van der Waals surface area contributed by atoms with Crippen LogP contribution in [0.15, 0.2) is 6.20 Å². The summed E-state index contributed by atoms with van der Waals surface area (Å²) in [6.07, 6.45) is 1.19. The number of nitrogens with zero attached hydrogens (tertiary/aromatic N) is 2. The lowest BCUT2D eigenvalue weighted by atomic mass is 9.83. The summed E-state index contributed by atoms with van der Waals surface area (Å²) in [6.45, 7) is 3.58. The van der Waals surface area contributed by atoms with Crippen molar-refractivity contribution in [2.75, 3.05) is 0 Å². The van der Waals surface area contributed by atoms with Crippen molar-refractivity contribution >= 4 is 22.9 Å². The molecule has 0 aliphatic carbocycles. The van der Waals surface area contributed by atoms with Gasteiger partial charge >= 0.3 is 0 Å². The number of thiazole rings is 1. The first-order chi connectivity index (χ1) is 6.53. The van der Waals surface area contributed by atoms with Crippen LogP contribution in [-0.2, 0) is 0 Å². The molecular weight excluding hydrogens is 220 g/mol. The highest BCUT2D eigenvalue weighted by atomic mass is 35.5. The Labute approximate surface area is 92.0 Å². The van der Waals surface area contributed by atoms with E-state index in [1.54, 1.807) is 6.92 Å². The Hall–Kier alpha value is -0.630. The van der Waals surface area contributed by atoms with Crippen LogP contribution in [-0.4, -0.2) is 10.1 Å². The first-order valence-corrected chi connectivity index (χ1v) is 5.43. The average Bonchev–Trinajstić information content (AvgIpc) is 2.62. The third kappa shape index (κ3) is 2.06. The molecule has 14 heavy (non-hydrogen) atoms. The van der Waals surface area contributed by atoms with Gasteiger partial charge < -0.3 is 5.11 Å². The first kappa shape index (κ1) is 11.4. The molecule has 0 saturated heterocycles. The minimum absolute atomic E-state index is 0.501. The Bertz CT molecular complexity index is 360. The van der Waals surface area contributed by atoms with Gasteiger partial charge in [0.15, 0.2) is 0 Å². The lowest BCUT2D eigenvalue weighted by Gasteiger charge is -2.24. The Morgan fingerprint density at radius 3 is 2.86 bits per heavy atom. The molecule has 0 aromatic carbocycles. The molecule has 1 rings (SSSR count). The van der Waals surface area contributed by atoms with Gasteiger partial charge in [0.1, 0.15) is 15.4 Å².